The van der Waals surface area contributed by atoms with E-state index >= 15 is 0 Å². The molecule has 0 bridgehead atoms. The summed E-state index contributed by atoms with van der Waals surface area (Å²) in [6.45, 7) is 6.06. The molecular formula is C33H64O5. The van der Waals surface area contributed by atoms with Gasteiger partial charge in [-0.05, 0) is 25.7 Å². The summed E-state index contributed by atoms with van der Waals surface area (Å²) in [5.41, 5.74) is -1.99. The first kappa shape index (κ1) is 37.1. The summed E-state index contributed by atoms with van der Waals surface area (Å²) in [6, 6.07) is 0. The van der Waals surface area contributed by atoms with Gasteiger partial charge >= 0.3 is 11.9 Å². The minimum absolute atomic E-state index is 0.118. The predicted octanol–water partition coefficient (Wildman–Crippen LogP) is 9.35. The van der Waals surface area contributed by atoms with Crippen LogP contribution in [-0.4, -0.2) is 33.9 Å². The molecule has 2 N–H and O–H groups in total. The van der Waals surface area contributed by atoms with E-state index in [1.165, 1.54) is 103 Å². The lowest BCUT2D eigenvalue weighted by molar-refractivity contribution is -0.185. The maximum atomic E-state index is 12.5. The number of aliphatic hydroxyl groups is 2. The van der Waals surface area contributed by atoms with Crippen LogP contribution in [0.5, 0.6) is 0 Å². The van der Waals surface area contributed by atoms with E-state index in [0.717, 1.165) is 32.1 Å². The molecule has 5 heteroatoms. The van der Waals surface area contributed by atoms with E-state index in [1.807, 2.05) is 0 Å². The monoisotopic (exact) mass is 540 g/mol. The Morgan fingerprint density at radius 1 is 0.579 bits per heavy atom. The summed E-state index contributed by atoms with van der Waals surface area (Å²) in [5, 5.41) is 21.0. The number of unbranched alkanes of at least 4 members (excludes halogenated alkanes) is 21. The molecule has 0 aromatic heterocycles. The lowest BCUT2D eigenvalue weighted by Crippen LogP contribution is -2.50. The maximum Gasteiger partial charge on any atom is 0.348 e. The molecule has 2 atom stereocenters. The Morgan fingerprint density at radius 2 is 0.921 bits per heavy atom. The lowest BCUT2D eigenvalue weighted by Gasteiger charge is -2.29. The smallest absolute Gasteiger partial charge is 0.348 e. The molecule has 0 aliphatic heterocycles. The molecule has 0 saturated heterocycles. The van der Waals surface area contributed by atoms with Crippen LogP contribution in [0.25, 0.3) is 0 Å². The van der Waals surface area contributed by atoms with Gasteiger partial charge in [0.25, 0.3) is 0 Å². The fourth-order valence-corrected chi connectivity index (χ4v) is 5.15. The molecule has 5 nitrogen and oxygen atoms in total. The molecule has 0 rings (SSSR count). The molecule has 0 aliphatic carbocycles. The number of aliphatic hydroxyl groups excluding tert-OH is 1. The van der Waals surface area contributed by atoms with Crippen molar-refractivity contribution < 1.29 is 24.5 Å². The molecule has 2 unspecified atom stereocenters. The molecule has 38 heavy (non-hydrogen) atoms. The van der Waals surface area contributed by atoms with E-state index in [1.54, 1.807) is 6.92 Å². The summed E-state index contributed by atoms with van der Waals surface area (Å²) >= 11 is 0. The fraction of sp³-hybridized carbons (Fsp3) is 0.939. The first-order valence-corrected chi connectivity index (χ1v) is 16.6. The van der Waals surface area contributed by atoms with Gasteiger partial charge in [-0.3, -0.25) is 4.79 Å². The zero-order valence-electron chi connectivity index (χ0n) is 25.6. The number of carbonyl (C=O) groups is 2. The number of carbonyl (C=O) groups excluding carboxylic acids is 2. The molecule has 0 aromatic carbocycles. The summed E-state index contributed by atoms with van der Waals surface area (Å²) in [7, 11) is 0. The highest BCUT2D eigenvalue weighted by atomic mass is 16.6. The van der Waals surface area contributed by atoms with Gasteiger partial charge in [0.05, 0.1) is 6.10 Å². The third-order valence-corrected chi connectivity index (χ3v) is 7.89. The third kappa shape index (κ3) is 20.0. The summed E-state index contributed by atoms with van der Waals surface area (Å²) in [5.74, 6) is -1.59. The average Bonchev–Trinajstić information content (AvgIpc) is 2.91. The van der Waals surface area contributed by atoms with Crippen LogP contribution < -0.4 is 0 Å². The van der Waals surface area contributed by atoms with Crippen molar-refractivity contribution in [3.8, 4) is 0 Å². The zero-order valence-corrected chi connectivity index (χ0v) is 25.6. The van der Waals surface area contributed by atoms with Gasteiger partial charge in [0.15, 0.2) is 5.60 Å². The molecule has 226 valence electrons. The number of hydrogen-bond donors (Lipinski definition) is 2. The van der Waals surface area contributed by atoms with Gasteiger partial charge in [-0.25, -0.2) is 4.79 Å². The Morgan fingerprint density at radius 3 is 1.29 bits per heavy atom. The highest BCUT2D eigenvalue weighted by Crippen LogP contribution is 2.24. The Labute approximate surface area is 235 Å². The molecule has 0 spiro atoms. The van der Waals surface area contributed by atoms with E-state index in [4.69, 9.17) is 4.74 Å². The van der Waals surface area contributed by atoms with Crippen molar-refractivity contribution >= 4 is 11.9 Å². The van der Waals surface area contributed by atoms with Crippen molar-refractivity contribution in [3.05, 3.63) is 0 Å². The van der Waals surface area contributed by atoms with E-state index in [2.05, 4.69) is 13.8 Å². The SMILES string of the molecule is CCCCCCCCCCCCCCCCCCCCCC(=O)OC(=O)C(O)(CCCCCC)C(O)CC. The summed E-state index contributed by atoms with van der Waals surface area (Å²) < 4.78 is 4.94. The average molecular weight is 541 g/mol. The summed E-state index contributed by atoms with van der Waals surface area (Å²) in [4.78, 5) is 24.6. The lowest BCUT2D eigenvalue weighted by atomic mass is 9.88. The molecular weight excluding hydrogens is 476 g/mol. The second-order valence-corrected chi connectivity index (χ2v) is 11.5. The van der Waals surface area contributed by atoms with Crippen LogP contribution in [0.1, 0.15) is 188 Å². The number of hydrogen-bond acceptors (Lipinski definition) is 5. The molecule has 0 amide bonds. The molecule has 0 fully saturated rings. The van der Waals surface area contributed by atoms with Crippen molar-refractivity contribution in [3.63, 3.8) is 0 Å². The zero-order chi connectivity index (χ0) is 28.3. The van der Waals surface area contributed by atoms with Crippen molar-refractivity contribution in [1.82, 2.24) is 0 Å². The van der Waals surface area contributed by atoms with Crippen molar-refractivity contribution in [1.29, 1.82) is 0 Å². The fourth-order valence-electron chi connectivity index (χ4n) is 5.15. The first-order chi connectivity index (χ1) is 18.4. The van der Waals surface area contributed by atoms with Crippen LogP contribution in [0, 0.1) is 0 Å². The van der Waals surface area contributed by atoms with Crippen molar-refractivity contribution in [2.24, 2.45) is 0 Å². The van der Waals surface area contributed by atoms with Gasteiger partial charge in [0.1, 0.15) is 0 Å². The van der Waals surface area contributed by atoms with Gasteiger partial charge < -0.3 is 14.9 Å². The maximum absolute atomic E-state index is 12.5. The molecule has 0 saturated carbocycles. The number of rotatable bonds is 28. The van der Waals surface area contributed by atoms with E-state index in [-0.39, 0.29) is 19.3 Å². The normalized spacial score (nSPS) is 13.8. The summed E-state index contributed by atoms with van der Waals surface area (Å²) in [6.07, 6.45) is 27.4. The second kappa shape index (κ2) is 26.3. The van der Waals surface area contributed by atoms with Crippen LogP contribution in [0.4, 0.5) is 0 Å². The van der Waals surface area contributed by atoms with Crippen LogP contribution in [0.15, 0.2) is 0 Å². The molecule has 0 aliphatic rings. The standard InChI is InChI=1S/C33H64O5/c1-4-7-9-11-12-13-14-15-16-17-18-19-20-21-22-23-24-25-26-28-31(35)38-32(36)33(37,30(34)6-3)29-27-10-8-5-2/h30,34,37H,4-29H2,1-3H3. The van der Waals surface area contributed by atoms with E-state index in [0.29, 0.717) is 12.8 Å². The van der Waals surface area contributed by atoms with Gasteiger partial charge in [-0.15, -0.1) is 0 Å². The first-order valence-electron chi connectivity index (χ1n) is 16.6. The van der Waals surface area contributed by atoms with Crippen LogP contribution >= 0.6 is 0 Å². The van der Waals surface area contributed by atoms with Gasteiger partial charge in [-0.2, -0.15) is 0 Å². The Hall–Kier alpha value is -0.940. The minimum atomic E-state index is -1.99. The van der Waals surface area contributed by atoms with Gasteiger partial charge in [-0.1, -0.05) is 156 Å². The van der Waals surface area contributed by atoms with E-state index < -0.39 is 23.6 Å². The molecule has 0 heterocycles. The highest BCUT2D eigenvalue weighted by molar-refractivity contribution is 5.90. The quantitative estimate of drug-likeness (QED) is 0.0586. The van der Waals surface area contributed by atoms with Gasteiger partial charge in [0, 0.05) is 6.42 Å². The Bertz CT molecular complexity index is 550. The highest BCUT2D eigenvalue weighted by Gasteiger charge is 2.44. The van der Waals surface area contributed by atoms with Crippen LogP contribution in [-0.2, 0) is 14.3 Å². The van der Waals surface area contributed by atoms with Crippen LogP contribution in [0.2, 0.25) is 0 Å². The number of esters is 2. The van der Waals surface area contributed by atoms with Crippen LogP contribution in [0.3, 0.4) is 0 Å². The Kier molecular flexibility index (Phi) is 25.6. The largest absolute Gasteiger partial charge is 0.391 e. The molecule has 0 aromatic rings. The van der Waals surface area contributed by atoms with E-state index in [9.17, 15) is 19.8 Å². The van der Waals surface area contributed by atoms with Crippen molar-refractivity contribution in [2.45, 2.75) is 199 Å². The van der Waals surface area contributed by atoms with Gasteiger partial charge in [0.2, 0.25) is 0 Å². The second-order valence-electron chi connectivity index (χ2n) is 11.5. The topological polar surface area (TPSA) is 83.8 Å². The predicted molar refractivity (Wildman–Crippen MR) is 159 cm³/mol. The number of ether oxygens (including phenoxy) is 1. The Balaban J connectivity index is 3.68. The third-order valence-electron chi connectivity index (χ3n) is 7.89. The molecule has 0 radical (unpaired) electrons. The minimum Gasteiger partial charge on any atom is -0.391 e. The van der Waals surface area contributed by atoms with Crippen molar-refractivity contribution in [2.75, 3.05) is 0 Å².